The number of sulfone groups is 1. The van der Waals surface area contributed by atoms with E-state index in [0.717, 1.165) is 19.1 Å². The van der Waals surface area contributed by atoms with Gasteiger partial charge in [0.05, 0.1) is 0 Å². The van der Waals surface area contributed by atoms with Gasteiger partial charge >= 0.3 is 0 Å². The molecule has 0 spiro atoms. The Labute approximate surface area is 121 Å². The average molecular weight is 310 g/mol. The molecule has 0 saturated carbocycles. The van der Waals surface area contributed by atoms with Crippen LogP contribution in [-0.4, -0.2) is 19.5 Å². The summed E-state index contributed by atoms with van der Waals surface area (Å²) in [6, 6.07) is 9.93. The summed E-state index contributed by atoms with van der Waals surface area (Å²) >= 11 is 0. The van der Waals surface area contributed by atoms with Gasteiger partial charge in [-0.25, -0.2) is 17.2 Å². The fraction of sp³-hybridized carbons (Fsp3) is 0.133. The van der Waals surface area contributed by atoms with Gasteiger partial charge in [-0.1, -0.05) is 30.3 Å². The highest BCUT2D eigenvalue weighted by molar-refractivity contribution is 7.92. The van der Waals surface area contributed by atoms with Gasteiger partial charge in [0, 0.05) is 5.56 Å². The van der Waals surface area contributed by atoms with E-state index in [2.05, 4.69) is 0 Å². The molecule has 0 bridgehead atoms. The number of carbonyl (C=O) groups is 1. The van der Waals surface area contributed by atoms with Crippen molar-refractivity contribution < 1.29 is 22.0 Å². The van der Waals surface area contributed by atoms with Gasteiger partial charge < -0.3 is 0 Å². The highest BCUT2D eigenvalue weighted by Crippen LogP contribution is 2.23. The molecule has 1 atom stereocenters. The summed E-state index contributed by atoms with van der Waals surface area (Å²) in [5, 5.41) is -1.50. The third kappa shape index (κ3) is 3.00. The van der Waals surface area contributed by atoms with Crippen LogP contribution in [-0.2, 0) is 9.84 Å². The molecule has 0 saturated heterocycles. The topological polar surface area (TPSA) is 51.2 Å². The summed E-state index contributed by atoms with van der Waals surface area (Å²) in [6.07, 6.45) is 0. The van der Waals surface area contributed by atoms with Crippen LogP contribution in [0.1, 0.15) is 17.3 Å². The molecule has 0 aromatic heterocycles. The first-order valence-corrected chi connectivity index (χ1v) is 7.67. The molecule has 0 N–H and O–H groups in total. The number of halogens is 2. The summed E-state index contributed by atoms with van der Waals surface area (Å²) in [4.78, 5) is 11.4. The Morgan fingerprint density at radius 1 is 1.05 bits per heavy atom. The van der Waals surface area contributed by atoms with Gasteiger partial charge in [-0.05, 0) is 25.1 Å². The Balaban J connectivity index is 2.44. The van der Waals surface area contributed by atoms with E-state index in [9.17, 15) is 22.0 Å². The summed E-state index contributed by atoms with van der Waals surface area (Å²) < 4.78 is 51.4. The molecule has 0 fully saturated rings. The van der Waals surface area contributed by atoms with Crippen molar-refractivity contribution in [1.82, 2.24) is 0 Å². The lowest BCUT2D eigenvalue weighted by atomic mass is 10.1. The zero-order chi connectivity index (χ0) is 15.6. The van der Waals surface area contributed by atoms with Crippen LogP contribution in [0, 0.1) is 11.6 Å². The smallest absolute Gasteiger partial charge is 0.191 e. The number of benzene rings is 2. The predicted octanol–water partition coefficient (Wildman–Crippen LogP) is 3.01. The maximum Gasteiger partial charge on any atom is 0.191 e. The third-order valence-corrected chi connectivity index (χ3v) is 5.16. The molecule has 2 rings (SSSR count). The zero-order valence-electron chi connectivity index (χ0n) is 11.1. The minimum atomic E-state index is -4.30. The summed E-state index contributed by atoms with van der Waals surface area (Å²) in [5.41, 5.74) is 0.199. The molecule has 0 aliphatic rings. The zero-order valence-corrected chi connectivity index (χ0v) is 11.9. The molecule has 2 aromatic carbocycles. The van der Waals surface area contributed by atoms with Crippen LogP contribution in [0.25, 0.3) is 0 Å². The SMILES string of the molecule is CC(C(=O)c1ccccc1)S(=O)(=O)c1cc(F)ccc1F. The largest absolute Gasteiger partial charge is 0.293 e. The molecule has 0 amide bonds. The van der Waals surface area contributed by atoms with Crippen molar-refractivity contribution in [3.8, 4) is 0 Å². The molecule has 1 unspecified atom stereocenters. The molecular weight excluding hydrogens is 298 g/mol. The third-order valence-electron chi connectivity index (χ3n) is 3.09. The van der Waals surface area contributed by atoms with Crippen LogP contribution in [0.15, 0.2) is 53.4 Å². The Bertz CT molecular complexity index is 771. The lowest BCUT2D eigenvalue weighted by molar-refractivity contribution is 0.0991. The van der Waals surface area contributed by atoms with Gasteiger partial charge in [0.25, 0.3) is 0 Å². The van der Waals surface area contributed by atoms with Crippen LogP contribution in [0.5, 0.6) is 0 Å². The van der Waals surface area contributed by atoms with E-state index in [-0.39, 0.29) is 5.56 Å². The molecule has 0 aliphatic heterocycles. The molecule has 21 heavy (non-hydrogen) atoms. The van der Waals surface area contributed by atoms with Crippen LogP contribution in [0.4, 0.5) is 8.78 Å². The molecule has 0 aliphatic carbocycles. The van der Waals surface area contributed by atoms with Crippen molar-refractivity contribution in [2.75, 3.05) is 0 Å². The number of ketones is 1. The van der Waals surface area contributed by atoms with E-state index < -0.39 is 37.4 Å². The first-order valence-electron chi connectivity index (χ1n) is 6.12. The standard InChI is InChI=1S/C15H12F2O3S/c1-10(15(18)11-5-3-2-4-6-11)21(19,20)14-9-12(16)7-8-13(14)17/h2-10H,1H3. The average Bonchev–Trinajstić information content (AvgIpc) is 2.49. The number of hydrogen-bond acceptors (Lipinski definition) is 3. The Kier molecular flexibility index (Phi) is 4.18. The second-order valence-corrected chi connectivity index (χ2v) is 6.73. The van der Waals surface area contributed by atoms with E-state index in [1.54, 1.807) is 18.2 Å². The van der Waals surface area contributed by atoms with E-state index in [1.807, 2.05) is 0 Å². The number of rotatable bonds is 4. The Morgan fingerprint density at radius 2 is 1.67 bits per heavy atom. The number of hydrogen-bond donors (Lipinski definition) is 0. The van der Waals surface area contributed by atoms with Gasteiger partial charge in [-0.3, -0.25) is 4.79 Å². The van der Waals surface area contributed by atoms with Gasteiger partial charge in [0.2, 0.25) is 0 Å². The Hall–Kier alpha value is -2.08. The van der Waals surface area contributed by atoms with E-state index in [0.29, 0.717) is 6.07 Å². The maximum atomic E-state index is 13.6. The first kappa shape index (κ1) is 15.3. The minimum Gasteiger partial charge on any atom is -0.293 e. The van der Waals surface area contributed by atoms with Crippen molar-refractivity contribution in [3.63, 3.8) is 0 Å². The summed E-state index contributed by atoms with van der Waals surface area (Å²) in [7, 11) is -4.30. The monoisotopic (exact) mass is 310 g/mol. The molecule has 3 nitrogen and oxygen atoms in total. The molecule has 110 valence electrons. The molecule has 2 aromatic rings. The molecular formula is C15H12F2O3S. The van der Waals surface area contributed by atoms with E-state index in [4.69, 9.17) is 0 Å². The van der Waals surface area contributed by atoms with Crippen molar-refractivity contribution in [3.05, 3.63) is 65.7 Å². The van der Waals surface area contributed by atoms with Crippen LogP contribution >= 0.6 is 0 Å². The van der Waals surface area contributed by atoms with Crippen LogP contribution in [0.2, 0.25) is 0 Å². The fourth-order valence-electron chi connectivity index (χ4n) is 1.86. The number of Topliss-reactive ketones (excluding diaryl/α,β-unsaturated/α-hetero) is 1. The normalized spacial score (nSPS) is 12.9. The van der Waals surface area contributed by atoms with Crippen molar-refractivity contribution in [2.45, 2.75) is 17.1 Å². The van der Waals surface area contributed by atoms with Gasteiger partial charge in [0.1, 0.15) is 21.8 Å². The first-order chi connectivity index (χ1) is 9.84. The van der Waals surface area contributed by atoms with Crippen molar-refractivity contribution in [2.24, 2.45) is 0 Å². The van der Waals surface area contributed by atoms with Crippen molar-refractivity contribution in [1.29, 1.82) is 0 Å². The second kappa shape index (κ2) is 5.73. The summed E-state index contributed by atoms with van der Waals surface area (Å²) in [6.45, 7) is 1.16. The van der Waals surface area contributed by atoms with E-state index in [1.165, 1.54) is 12.1 Å². The number of carbonyl (C=O) groups excluding carboxylic acids is 1. The highest BCUT2D eigenvalue weighted by atomic mass is 32.2. The van der Waals surface area contributed by atoms with Gasteiger partial charge in [-0.2, -0.15) is 0 Å². The van der Waals surface area contributed by atoms with Gasteiger partial charge in [-0.15, -0.1) is 0 Å². The molecule has 6 heteroatoms. The molecule has 0 heterocycles. The minimum absolute atomic E-state index is 0.199. The second-order valence-electron chi connectivity index (χ2n) is 4.49. The predicted molar refractivity (Wildman–Crippen MR) is 73.8 cm³/mol. The quantitative estimate of drug-likeness (QED) is 0.816. The van der Waals surface area contributed by atoms with E-state index >= 15 is 0 Å². The molecule has 0 radical (unpaired) electrons. The maximum absolute atomic E-state index is 13.6. The van der Waals surface area contributed by atoms with Crippen LogP contribution in [0.3, 0.4) is 0 Å². The van der Waals surface area contributed by atoms with Gasteiger partial charge in [0.15, 0.2) is 15.6 Å². The van der Waals surface area contributed by atoms with Crippen molar-refractivity contribution >= 4 is 15.6 Å². The Morgan fingerprint density at radius 3 is 2.29 bits per heavy atom. The highest BCUT2D eigenvalue weighted by Gasteiger charge is 2.32. The summed E-state index contributed by atoms with van der Waals surface area (Å²) in [5.74, 6) is -2.63. The lowest BCUT2D eigenvalue weighted by Crippen LogP contribution is -2.28. The fourth-order valence-corrected chi connectivity index (χ4v) is 3.28. The lowest BCUT2D eigenvalue weighted by Gasteiger charge is -2.13. The van der Waals surface area contributed by atoms with Crippen LogP contribution < -0.4 is 0 Å².